The van der Waals surface area contributed by atoms with Gasteiger partial charge in [-0.2, -0.15) is 0 Å². The van der Waals surface area contributed by atoms with Crippen LogP contribution in [0.2, 0.25) is 0 Å². The highest BCUT2D eigenvalue weighted by Gasteiger charge is 2.53. The molecule has 196 valence electrons. The molecule has 0 radical (unpaired) electrons. The number of amides is 2. The Balaban J connectivity index is 1.49. The molecule has 0 unspecified atom stereocenters. The van der Waals surface area contributed by atoms with Crippen molar-refractivity contribution in [3.63, 3.8) is 0 Å². The smallest absolute Gasteiger partial charge is 0.481 e. The molecule has 0 saturated heterocycles. The average molecular weight is 520 g/mol. The number of nitrogens with zero attached hydrogens (tertiary/aromatic N) is 2. The first-order chi connectivity index (χ1) is 17.5. The second kappa shape index (κ2) is 9.35. The Bertz CT molecular complexity index is 1230. The standard InChI is InChI=1S/C26H24F4N2O5/c27-15-3-8-19-21(13-15)32(25(36)14-1-6-17(7-2-14)37-26(28,29)30)20-10-9-18(20)24(19)31(16-4-5-16)22(33)11-12-23(34)35/h1-3,6-8,13,16,18,20,24H,4-5,9-12H2,(H,34,35)/t18-,20+,24+/m0/s1. The van der Waals surface area contributed by atoms with Crippen LogP contribution in [-0.2, 0) is 9.59 Å². The maximum Gasteiger partial charge on any atom is 0.573 e. The highest BCUT2D eigenvalue weighted by Crippen LogP contribution is 2.54. The van der Waals surface area contributed by atoms with E-state index in [4.69, 9.17) is 5.11 Å². The van der Waals surface area contributed by atoms with E-state index in [9.17, 15) is 31.9 Å². The van der Waals surface area contributed by atoms with Gasteiger partial charge in [0.25, 0.3) is 5.91 Å². The zero-order valence-electron chi connectivity index (χ0n) is 19.6. The fraction of sp³-hybridized carbons (Fsp3) is 0.423. The summed E-state index contributed by atoms with van der Waals surface area (Å²) < 4.78 is 55.9. The van der Waals surface area contributed by atoms with E-state index in [0.29, 0.717) is 24.1 Å². The summed E-state index contributed by atoms with van der Waals surface area (Å²) in [4.78, 5) is 41.0. The highest BCUT2D eigenvalue weighted by molar-refractivity contribution is 6.07. The zero-order chi connectivity index (χ0) is 26.5. The molecule has 0 aromatic heterocycles. The van der Waals surface area contributed by atoms with Crippen molar-refractivity contribution in [2.24, 2.45) is 5.92 Å². The molecule has 11 heteroatoms. The van der Waals surface area contributed by atoms with Crippen LogP contribution >= 0.6 is 0 Å². The van der Waals surface area contributed by atoms with Crippen LogP contribution in [0, 0.1) is 11.7 Å². The first kappa shape index (κ1) is 25.0. The normalized spacial score (nSPS) is 22.4. The molecule has 1 N–H and O–H groups in total. The van der Waals surface area contributed by atoms with Crippen LogP contribution in [0.5, 0.6) is 5.75 Å². The van der Waals surface area contributed by atoms with E-state index in [2.05, 4.69) is 4.74 Å². The first-order valence-electron chi connectivity index (χ1n) is 12.1. The molecule has 37 heavy (non-hydrogen) atoms. The molecule has 0 spiro atoms. The third-order valence-corrected chi connectivity index (χ3v) is 7.23. The molecule has 1 heterocycles. The van der Waals surface area contributed by atoms with Gasteiger partial charge in [0.05, 0.1) is 18.2 Å². The number of ether oxygens (including phenoxy) is 1. The SMILES string of the molecule is O=C(O)CCC(=O)N(C1CC1)[C@H]1c2ccc(F)cc2N(C(=O)c2ccc(OC(F)(F)F)cc2)[C@@H]2CC[C@@H]21. The van der Waals surface area contributed by atoms with E-state index in [1.165, 1.54) is 29.2 Å². The summed E-state index contributed by atoms with van der Waals surface area (Å²) in [5.41, 5.74) is 1.02. The Morgan fingerprint density at radius 1 is 1.00 bits per heavy atom. The van der Waals surface area contributed by atoms with E-state index in [-0.39, 0.29) is 42.3 Å². The van der Waals surface area contributed by atoms with Crippen LogP contribution < -0.4 is 9.64 Å². The lowest BCUT2D eigenvalue weighted by Gasteiger charge is -2.55. The number of carboxylic acids is 1. The Morgan fingerprint density at radius 3 is 2.27 bits per heavy atom. The number of fused-ring (bicyclic) bond motifs is 2. The number of carboxylic acid groups (broad SMARTS) is 1. The number of benzene rings is 2. The summed E-state index contributed by atoms with van der Waals surface area (Å²) in [7, 11) is 0. The van der Waals surface area contributed by atoms with Gasteiger partial charge in [-0.1, -0.05) is 6.07 Å². The molecule has 5 rings (SSSR count). The van der Waals surface area contributed by atoms with Crippen LogP contribution in [0.1, 0.15) is 60.5 Å². The Morgan fingerprint density at radius 2 is 1.70 bits per heavy atom. The summed E-state index contributed by atoms with van der Waals surface area (Å²) >= 11 is 0. The molecule has 3 aliphatic rings. The molecule has 2 aliphatic carbocycles. The molecular weight excluding hydrogens is 496 g/mol. The van der Waals surface area contributed by atoms with Crippen molar-refractivity contribution in [3.8, 4) is 5.75 Å². The van der Waals surface area contributed by atoms with E-state index in [1.807, 2.05) is 0 Å². The third kappa shape index (κ3) is 4.99. The van der Waals surface area contributed by atoms with E-state index >= 15 is 0 Å². The van der Waals surface area contributed by atoms with Crippen molar-refractivity contribution >= 4 is 23.5 Å². The van der Waals surface area contributed by atoms with Gasteiger partial charge in [-0.25, -0.2) is 4.39 Å². The van der Waals surface area contributed by atoms with Crippen LogP contribution in [0.15, 0.2) is 42.5 Å². The number of hydrogen-bond donors (Lipinski definition) is 1. The fourth-order valence-electron chi connectivity index (χ4n) is 5.42. The number of carbonyl (C=O) groups excluding carboxylic acids is 2. The number of halogens is 4. The number of carbonyl (C=O) groups is 3. The minimum absolute atomic E-state index is 0.0334. The number of anilines is 1. The number of alkyl halides is 3. The van der Waals surface area contributed by atoms with Gasteiger partial charge in [-0.15, -0.1) is 13.2 Å². The van der Waals surface area contributed by atoms with Gasteiger partial charge in [0, 0.05) is 30.0 Å². The lowest BCUT2D eigenvalue weighted by atomic mass is 9.67. The second-order valence-corrected chi connectivity index (χ2v) is 9.63. The van der Waals surface area contributed by atoms with Crippen molar-refractivity contribution in [2.75, 3.05) is 4.90 Å². The van der Waals surface area contributed by atoms with Crippen molar-refractivity contribution in [1.29, 1.82) is 0 Å². The molecule has 0 bridgehead atoms. The maximum atomic E-state index is 14.4. The molecule has 2 amide bonds. The largest absolute Gasteiger partial charge is 0.573 e. The second-order valence-electron chi connectivity index (χ2n) is 9.63. The van der Waals surface area contributed by atoms with Crippen molar-refractivity contribution in [1.82, 2.24) is 4.90 Å². The zero-order valence-corrected chi connectivity index (χ0v) is 19.6. The maximum absolute atomic E-state index is 14.4. The van der Waals surface area contributed by atoms with Crippen LogP contribution in [-0.4, -0.2) is 46.2 Å². The average Bonchev–Trinajstić information content (AvgIpc) is 3.63. The third-order valence-electron chi connectivity index (χ3n) is 7.23. The van der Waals surface area contributed by atoms with Gasteiger partial charge >= 0.3 is 12.3 Å². The van der Waals surface area contributed by atoms with Crippen LogP contribution in [0.3, 0.4) is 0 Å². The lowest BCUT2D eigenvalue weighted by Crippen LogP contribution is -2.59. The summed E-state index contributed by atoms with van der Waals surface area (Å²) in [6.45, 7) is 0. The molecule has 1 aliphatic heterocycles. The molecule has 2 fully saturated rings. The summed E-state index contributed by atoms with van der Waals surface area (Å²) in [6, 6.07) is 7.83. The minimum Gasteiger partial charge on any atom is -0.481 e. The molecule has 2 aromatic rings. The molecular formula is C26H24F4N2O5. The molecule has 2 aromatic carbocycles. The van der Waals surface area contributed by atoms with E-state index in [1.54, 1.807) is 11.0 Å². The molecule has 2 saturated carbocycles. The predicted octanol–water partition coefficient (Wildman–Crippen LogP) is 5.06. The number of rotatable bonds is 7. The summed E-state index contributed by atoms with van der Waals surface area (Å²) in [5.74, 6) is -3.01. The Labute approximate surface area is 209 Å². The summed E-state index contributed by atoms with van der Waals surface area (Å²) in [6.07, 6.45) is -2.40. The monoisotopic (exact) mass is 520 g/mol. The molecule has 7 nitrogen and oxygen atoms in total. The van der Waals surface area contributed by atoms with Gasteiger partial charge in [0.2, 0.25) is 5.91 Å². The van der Waals surface area contributed by atoms with E-state index < -0.39 is 35.8 Å². The van der Waals surface area contributed by atoms with Gasteiger partial charge in [-0.3, -0.25) is 14.4 Å². The van der Waals surface area contributed by atoms with Crippen LogP contribution in [0.4, 0.5) is 23.2 Å². The first-order valence-corrected chi connectivity index (χ1v) is 12.1. The van der Waals surface area contributed by atoms with Crippen LogP contribution in [0.25, 0.3) is 0 Å². The van der Waals surface area contributed by atoms with Gasteiger partial charge in [-0.05, 0) is 67.6 Å². The topological polar surface area (TPSA) is 87.2 Å². The van der Waals surface area contributed by atoms with Gasteiger partial charge < -0.3 is 19.6 Å². The van der Waals surface area contributed by atoms with Crippen molar-refractivity contribution in [2.45, 2.75) is 63.0 Å². The Hall–Kier alpha value is -3.63. The Kier molecular flexibility index (Phi) is 6.33. The molecule has 3 atom stereocenters. The number of hydrogen-bond acceptors (Lipinski definition) is 4. The fourth-order valence-corrected chi connectivity index (χ4v) is 5.42. The van der Waals surface area contributed by atoms with Gasteiger partial charge in [0.15, 0.2) is 0 Å². The van der Waals surface area contributed by atoms with Crippen molar-refractivity contribution < 1.29 is 41.8 Å². The quantitative estimate of drug-likeness (QED) is 0.516. The summed E-state index contributed by atoms with van der Waals surface area (Å²) in [5, 5.41) is 9.06. The highest BCUT2D eigenvalue weighted by atomic mass is 19.4. The lowest BCUT2D eigenvalue weighted by molar-refractivity contribution is -0.274. The predicted molar refractivity (Wildman–Crippen MR) is 122 cm³/mol. The van der Waals surface area contributed by atoms with E-state index in [0.717, 1.165) is 25.0 Å². The van der Waals surface area contributed by atoms with Gasteiger partial charge in [0.1, 0.15) is 11.6 Å². The van der Waals surface area contributed by atoms with Crippen molar-refractivity contribution in [3.05, 3.63) is 59.4 Å². The number of aliphatic carboxylic acids is 1. The minimum atomic E-state index is -4.86.